The summed E-state index contributed by atoms with van der Waals surface area (Å²) in [5.41, 5.74) is 0. The Labute approximate surface area is 98.3 Å². The molecule has 4 nitrogen and oxygen atoms in total. The number of carbonyl (C=O) groups excluding carboxylic acids is 1. The Morgan fingerprint density at radius 2 is 2.19 bits per heavy atom. The smallest absolute Gasteiger partial charge is 0.223 e. The first-order valence-electron chi connectivity index (χ1n) is 6.08. The van der Waals surface area contributed by atoms with Crippen molar-refractivity contribution in [3.8, 4) is 0 Å². The van der Waals surface area contributed by atoms with Crippen LogP contribution in [-0.4, -0.2) is 49.7 Å². The highest BCUT2D eigenvalue weighted by molar-refractivity contribution is 5.76. The van der Waals surface area contributed by atoms with Crippen LogP contribution in [0, 0.1) is 0 Å². The maximum atomic E-state index is 11.5. The zero-order valence-corrected chi connectivity index (χ0v) is 10.8. The van der Waals surface area contributed by atoms with Gasteiger partial charge in [0.25, 0.3) is 0 Å². The summed E-state index contributed by atoms with van der Waals surface area (Å²) in [4.78, 5) is 13.1. The first-order valence-corrected chi connectivity index (χ1v) is 6.08. The van der Waals surface area contributed by atoms with E-state index in [1.807, 2.05) is 6.92 Å². The number of amides is 1. The van der Waals surface area contributed by atoms with Gasteiger partial charge >= 0.3 is 0 Å². The third-order valence-corrected chi connectivity index (χ3v) is 3.05. The van der Waals surface area contributed by atoms with Crippen LogP contribution < -0.4 is 5.32 Å². The molecule has 0 aromatic rings. The fraction of sp³-hybridized carbons (Fsp3) is 0.917. The quantitative estimate of drug-likeness (QED) is 0.763. The number of hydrogen-bond acceptors (Lipinski definition) is 3. The van der Waals surface area contributed by atoms with Crippen molar-refractivity contribution >= 4 is 5.91 Å². The van der Waals surface area contributed by atoms with E-state index in [2.05, 4.69) is 12.2 Å². The zero-order chi connectivity index (χ0) is 12.1. The fourth-order valence-electron chi connectivity index (χ4n) is 2.06. The molecule has 1 fully saturated rings. The van der Waals surface area contributed by atoms with Gasteiger partial charge in [-0.3, -0.25) is 4.79 Å². The van der Waals surface area contributed by atoms with Crippen LogP contribution in [-0.2, 0) is 9.53 Å². The Bertz CT molecular complexity index is 225. The van der Waals surface area contributed by atoms with Gasteiger partial charge in [-0.1, -0.05) is 0 Å². The van der Waals surface area contributed by atoms with Gasteiger partial charge in [0.05, 0.1) is 6.10 Å². The Kier molecular flexibility index (Phi) is 5.22. The number of hydrogen-bond donors (Lipinski definition) is 1. The monoisotopic (exact) mass is 228 g/mol. The van der Waals surface area contributed by atoms with Crippen molar-refractivity contribution in [1.29, 1.82) is 0 Å². The molecule has 1 saturated heterocycles. The lowest BCUT2D eigenvalue weighted by molar-refractivity contribution is -0.129. The Balaban J connectivity index is 2.27. The average molecular weight is 228 g/mol. The number of nitrogens with zero attached hydrogens (tertiary/aromatic N) is 1. The molecule has 0 aromatic carbocycles. The van der Waals surface area contributed by atoms with Gasteiger partial charge in [-0.05, 0) is 26.7 Å². The van der Waals surface area contributed by atoms with Gasteiger partial charge in [-0.2, -0.15) is 0 Å². The standard InChI is InChI=1S/C12H24N2O2/c1-9(8-12(15)14(3)4)13-10(2)11-6-5-7-16-11/h9-11,13H,5-8H2,1-4H3. The third-order valence-electron chi connectivity index (χ3n) is 3.05. The molecule has 1 aliphatic heterocycles. The SMILES string of the molecule is CC(CC(=O)N(C)C)NC(C)C1CCCO1. The van der Waals surface area contributed by atoms with Crippen molar-refractivity contribution in [3.63, 3.8) is 0 Å². The van der Waals surface area contributed by atoms with E-state index in [4.69, 9.17) is 4.74 Å². The van der Waals surface area contributed by atoms with E-state index < -0.39 is 0 Å². The predicted octanol–water partition coefficient (Wildman–Crippen LogP) is 1.01. The first-order chi connectivity index (χ1) is 7.50. The van der Waals surface area contributed by atoms with E-state index in [1.165, 1.54) is 0 Å². The molecule has 1 heterocycles. The van der Waals surface area contributed by atoms with Gasteiger partial charge in [-0.25, -0.2) is 0 Å². The summed E-state index contributed by atoms with van der Waals surface area (Å²) in [5.74, 6) is 0.166. The first kappa shape index (κ1) is 13.5. The van der Waals surface area contributed by atoms with Crippen LogP contribution in [0.25, 0.3) is 0 Å². The van der Waals surface area contributed by atoms with Crippen LogP contribution in [0.3, 0.4) is 0 Å². The fourth-order valence-corrected chi connectivity index (χ4v) is 2.06. The van der Waals surface area contributed by atoms with Crippen LogP contribution in [0.5, 0.6) is 0 Å². The highest BCUT2D eigenvalue weighted by atomic mass is 16.5. The number of rotatable bonds is 5. The second kappa shape index (κ2) is 6.21. The summed E-state index contributed by atoms with van der Waals surface area (Å²) < 4.78 is 5.61. The summed E-state index contributed by atoms with van der Waals surface area (Å²) in [6, 6.07) is 0.529. The molecule has 0 bridgehead atoms. The molecule has 0 aromatic heterocycles. The maximum absolute atomic E-state index is 11.5. The molecule has 4 heteroatoms. The number of carbonyl (C=O) groups is 1. The van der Waals surface area contributed by atoms with E-state index >= 15 is 0 Å². The van der Waals surface area contributed by atoms with Crippen LogP contribution in [0.4, 0.5) is 0 Å². The zero-order valence-electron chi connectivity index (χ0n) is 10.8. The van der Waals surface area contributed by atoms with E-state index in [9.17, 15) is 4.79 Å². The Morgan fingerprint density at radius 3 is 2.69 bits per heavy atom. The summed E-state index contributed by atoms with van der Waals surface area (Å²) >= 11 is 0. The lowest BCUT2D eigenvalue weighted by Crippen LogP contribution is -2.43. The van der Waals surface area contributed by atoms with Crippen LogP contribution >= 0.6 is 0 Å². The summed E-state index contributed by atoms with van der Waals surface area (Å²) in [5, 5.41) is 3.44. The molecule has 1 amide bonds. The van der Waals surface area contributed by atoms with E-state index in [-0.39, 0.29) is 11.9 Å². The normalized spacial score (nSPS) is 24.1. The maximum Gasteiger partial charge on any atom is 0.223 e. The summed E-state index contributed by atoms with van der Waals surface area (Å²) in [7, 11) is 3.58. The van der Waals surface area contributed by atoms with Gasteiger partial charge in [0.1, 0.15) is 0 Å². The predicted molar refractivity (Wildman–Crippen MR) is 64.3 cm³/mol. The van der Waals surface area contributed by atoms with E-state index in [0.29, 0.717) is 18.6 Å². The lowest BCUT2D eigenvalue weighted by Gasteiger charge is -2.24. The lowest BCUT2D eigenvalue weighted by atomic mass is 10.1. The minimum Gasteiger partial charge on any atom is -0.377 e. The molecule has 3 atom stereocenters. The van der Waals surface area contributed by atoms with Crippen LogP contribution in [0.1, 0.15) is 33.1 Å². The largest absolute Gasteiger partial charge is 0.377 e. The van der Waals surface area contributed by atoms with Crippen molar-refractivity contribution in [2.45, 2.75) is 51.3 Å². The minimum absolute atomic E-state index is 0.166. The van der Waals surface area contributed by atoms with Crippen molar-refractivity contribution in [3.05, 3.63) is 0 Å². The molecule has 3 unspecified atom stereocenters. The molecule has 16 heavy (non-hydrogen) atoms. The van der Waals surface area contributed by atoms with Gasteiger partial charge in [0.15, 0.2) is 0 Å². The number of ether oxygens (including phenoxy) is 1. The minimum atomic E-state index is 0.166. The molecule has 94 valence electrons. The second-order valence-electron chi connectivity index (χ2n) is 4.90. The van der Waals surface area contributed by atoms with Gasteiger partial charge < -0.3 is 15.0 Å². The molecule has 0 aliphatic carbocycles. The van der Waals surface area contributed by atoms with Crippen LogP contribution in [0.2, 0.25) is 0 Å². The van der Waals surface area contributed by atoms with Gasteiger partial charge in [-0.15, -0.1) is 0 Å². The Hall–Kier alpha value is -0.610. The molecule has 1 rings (SSSR count). The average Bonchev–Trinajstić information content (AvgIpc) is 2.69. The molecule has 0 saturated carbocycles. The molecule has 1 aliphatic rings. The van der Waals surface area contributed by atoms with E-state index in [0.717, 1.165) is 19.4 Å². The van der Waals surface area contributed by atoms with Crippen molar-refractivity contribution in [1.82, 2.24) is 10.2 Å². The molecule has 1 N–H and O–H groups in total. The number of nitrogens with one attached hydrogen (secondary N) is 1. The molecule has 0 radical (unpaired) electrons. The van der Waals surface area contributed by atoms with Gasteiger partial charge in [0.2, 0.25) is 5.91 Å². The second-order valence-corrected chi connectivity index (χ2v) is 4.90. The summed E-state index contributed by atoms with van der Waals surface area (Å²) in [6.07, 6.45) is 3.14. The van der Waals surface area contributed by atoms with E-state index in [1.54, 1.807) is 19.0 Å². The highest BCUT2D eigenvalue weighted by Crippen LogP contribution is 2.16. The summed E-state index contributed by atoms with van der Waals surface area (Å²) in [6.45, 7) is 5.06. The molecular formula is C12H24N2O2. The molecule has 0 spiro atoms. The van der Waals surface area contributed by atoms with Crippen molar-refractivity contribution < 1.29 is 9.53 Å². The topological polar surface area (TPSA) is 41.6 Å². The van der Waals surface area contributed by atoms with Crippen LogP contribution in [0.15, 0.2) is 0 Å². The van der Waals surface area contributed by atoms with Crippen molar-refractivity contribution in [2.24, 2.45) is 0 Å². The van der Waals surface area contributed by atoms with Gasteiger partial charge in [0, 0.05) is 39.2 Å². The Morgan fingerprint density at radius 1 is 1.50 bits per heavy atom. The van der Waals surface area contributed by atoms with Crippen molar-refractivity contribution in [2.75, 3.05) is 20.7 Å². The highest BCUT2D eigenvalue weighted by Gasteiger charge is 2.23. The molecular weight excluding hydrogens is 204 g/mol. The third kappa shape index (κ3) is 4.10.